The van der Waals surface area contributed by atoms with Gasteiger partial charge in [0.1, 0.15) is 0 Å². The molecule has 0 fully saturated rings. The first-order chi connectivity index (χ1) is 15.2. The fraction of sp³-hybridized carbons (Fsp3) is 0.300. The summed E-state index contributed by atoms with van der Waals surface area (Å²) in [6.45, 7) is 1.83. The second-order valence-corrected chi connectivity index (χ2v) is 8.66. The first-order valence-corrected chi connectivity index (χ1v) is 10.7. The highest BCUT2D eigenvalue weighted by Gasteiger charge is 2.73. The first-order valence-electron chi connectivity index (χ1n) is 8.96. The summed E-state index contributed by atoms with van der Waals surface area (Å²) in [5.41, 5.74) is -8.84. The second-order valence-electron chi connectivity index (χ2n) is 6.43. The summed E-state index contributed by atoms with van der Waals surface area (Å²) in [6.07, 6.45) is -12.7. The van der Waals surface area contributed by atoms with Crippen LogP contribution in [0.2, 0.25) is 0 Å². The molecule has 0 aliphatic carbocycles. The molecule has 0 heterocycles. The third kappa shape index (κ3) is 5.45. The third-order valence-corrected chi connectivity index (χ3v) is 5.77. The minimum atomic E-state index is -6.37. The lowest BCUT2D eigenvalue weighted by Crippen LogP contribution is -2.50. The van der Waals surface area contributed by atoms with E-state index in [4.69, 9.17) is 0 Å². The van der Waals surface area contributed by atoms with E-state index in [2.05, 4.69) is 26.0 Å². The maximum absolute atomic E-state index is 14.4. The number of halogens is 8. The molecule has 1 N–H and O–H groups in total. The van der Waals surface area contributed by atoms with Crippen LogP contribution in [0.1, 0.15) is 33.2 Å². The molecule has 0 saturated heterocycles. The van der Waals surface area contributed by atoms with E-state index in [-0.39, 0.29) is 17.7 Å². The molecule has 0 atom stereocenters. The quantitative estimate of drug-likeness (QED) is 0.237. The summed E-state index contributed by atoms with van der Waals surface area (Å²) < 4.78 is 98.1. The molecule has 0 unspecified atom stereocenters. The van der Waals surface area contributed by atoms with E-state index in [0.717, 1.165) is 7.11 Å². The van der Waals surface area contributed by atoms with Crippen molar-refractivity contribution < 1.29 is 45.1 Å². The van der Waals surface area contributed by atoms with Crippen molar-refractivity contribution in [3.8, 4) is 0 Å². The van der Waals surface area contributed by atoms with Gasteiger partial charge in [0.15, 0.2) is 0 Å². The molecule has 2 aromatic rings. The fourth-order valence-electron chi connectivity index (χ4n) is 2.78. The van der Waals surface area contributed by atoms with E-state index in [0.29, 0.717) is 21.2 Å². The molecule has 2 rings (SSSR count). The van der Waals surface area contributed by atoms with Crippen molar-refractivity contribution in [3.63, 3.8) is 0 Å². The number of hydrogen-bond donors (Lipinski definition) is 1. The molecule has 180 valence electrons. The average Bonchev–Trinajstić information content (AvgIpc) is 2.71. The monoisotopic (exact) mass is 561 g/mol. The van der Waals surface area contributed by atoms with Crippen LogP contribution in [0.3, 0.4) is 0 Å². The second kappa shape index (κ2) is 9.92. The van der Waals surface area contributed by atoms with Crippen LogP contribution in [0.4, 0.5) is 36.4 Å². The van der Waals surface area contributed by atoms with Crippen LogP contribution in [0.5, 0.6) is 0 Å². The highest BCUT2D eigenvalue weighted by Crippen LogP contribution is 2.53. The smallest absolute Gasteiger partial charge is 0.435 e. The van der Waals surface area contributed by atoms with Gasteiger partial charge in [-0.1, -0.05) is 28.9 Å². The number of thioether (sulfide) groups is 1. The number of esters is 1. The van der Waals surface area contributed by atoms with E-state index in [1.54, 1.807) is 12.1 Å². The lowest BCUT2D eigenvalue weighted by Gasteiger charge is -2.30. The number of hydrogen-bond acceptors (Lipinski definition) is 4. The lowest BCUT2D eigenvalue weighted by molar-refractivity contribution is -0.348. The van der Waals surface area contributed by atoms with Gasteiger partial charge in [-0.25, -0.2) is 9.18 Å². The zero-order chi connectivity index (χ0) is 25.2. The van der Waals surface area contributed by atoms with Gasteiger partial charge in [-0.05, 0) is 36.1 Å². The average molecular weight is 562 g/mol. The normalized spacial score (nSPS) is 12.4. The van der Waals surface area contributed by atoms with Gasteiger partial charge < -0.3 is 10.1 Å². The van der Waals surface area contributed by atoms with Crippen LogP contribution in [-0.2, 0) is 10.4 Å². The molecule has 0 spiro atoms. The number of carbonyl (C=O) groups excluding carboxylic acids is 2. The van der Waals surface area contributed by atoms with Crippen molar-refractivity contribution in [3.05, 3.63) is 57.6 Å². The van der Waals surface area contributed by atoms with Crippen molar-refractivity contribution >= 4 is 45.3 Å². The zero-order valence-electron chi connectivity index (χ0n) is 16.8. The molecular formula is C20H15BrF7NO3S. The Balaban J connectivity index is 2.59. The van der Waals surface area contributed by atoms with E-state index < -0.39 is 46.7 Å². The van der Waals surface area contributed by atoms with Crippen LogP contribution in [0.25, 0.3) is 0 Å². The standard InChI is InChI=1S/C20H15BrF7NO3S/c1-3-33-15-9-11(21)5-6-12(15)16(30)29-14-7-4-10(8-13(14)17(31)32-2)18(22,19(23,24)25)20(26,27)28/h4-9H,3H2,1-2H3,(H,29,30). The van der Waals surface area contributed by atoms with E-state index >= 15 is 0 Å². The maximum atomic E-state index is 14.4. The molecule has 0 bridgehead atoms. The summed E-state index contributed by atoms with van der Waals surface area (Å²) in [6, 6.07) is 5.46. The zero-order valence-corrected chi connectivity index (χ0v) is 19.2. The van der Waals surface area contributed by atoms with Gasteiger partial charge in [0.25, 0.3) is 5.91 Å². The number of ether oxygens (including phenoxy) is 1. The topological polar surface area (TPSA) is 55.4 Å². The Bertz CT molecular complexity index is 1040. The predicted molar refractivity (Wildman–Crippen MR) is 111 cm³/mol. The molecule has 13 heteroatoms. The van der Waals surface area contributed by atoms with Gasteiger partial charge in [-0.15, -0.1) is 11.8 Å². The molecule has 0 saturated carbocycles. The van der Waals surface area contributed by atoms with Crippen LogP contribution in [0.15, 0.2) is 45.8 Å². The number of nitrogens with one attached hydrogen (secondary N) is 1. The molecule has 0 aliphatic heterocycles. The van der Waals surface area contributed by atoms with Crippen LogP contribution >= 0.6 is 27.7 Å². The number of rotatable bonds is 6. The van der Waals surface area contributed by atoms with Crippen molar-refractivity contribution in [2.24, 2.45) is 0 Å². The Kier molecular flexibility index (Phi) is 8.10. The molecule has 4 nitrogen and oxygen atoms in total. The number of methoxy groups -OCH3 is 1. The molecule has 2 aromatic carbocycles. The van der Waals surface area contributed by atoms with Crippen molar-refractivity contribution in [2.75, 3.05) is 18.2 Å². The highest BCUT2D eigenvalue weighted by atomic mass is 79.9. The summed E-state index contributed by atoms with van der Waals surface area (Å²) >= 11 is 4.55. The Labute approximate surface area is 196 Å². The lowest BCUT2D eigenvalue weighted by atomic mass is 9.92. The number of anilines is 1. The van der Waals surface area contributed by atoms with Gasteiger partial charge in [0.05, 0.1) is 23.9 Å². The fourth-order valence-corrected chi connectivity index (χ4v) is 4.13. The number of benzene rings is 2. The Morgan fingerprint density at radius 2 is 1.58 bits per heavy atom. The van der Waals surface area contributed by atoms with E-state index in [9.17, 15) is 40.3 Å². The minimum Gasteiger partial charge on any atom is -0.465 e. The summed E-state index contributed by atoms with van der Waals surface area (Å²) in [4.78, 5) is 25.4. The maximum Gasteiger partial charge on any atom is 0.435 e. The first kappa shape index (κ1) is 27.0. The van der Waals surface area contributed by atoms with Gasteiger partial charge in [0.2, 0.25) is 0 Å². The van der Waals surface area contributed by atoms with Crippen LogP contribution in [0, 0.1) is 0 Å². The summed E-state index contributed by atoms with van der Waals surface area (Å²) in [5, 5.41) is 2.26. The van der Waals surface area contributed by atoms with Gasteiger partial charge in [-0.3, -0.25) is 4.79 Å². The molecule has 0 radical (unpaired) electrons. The molecule has 0 aromatic heterocycles. The summed E-state index contributed by atoms with van der Waals surface area (Å²) in [5.74, 6) is -1.58. The molecule has 1 amide bonds. The van der Waals surface area contributed by atoms with E-state index in [1.165, 1.54) is 17.8 Å². The van der Waals surface area contributed by atoms with Crippen molar-refractivity contribution in [2.45, 2.75) is 29.8 Å². The molecular weight excluding hydrogens is 547 g/mol. The Hall–Kier alpha value is -2.28. The van der Waals surface area contributed by atoms with Crippen LogP contribution < -0.4 is 5.32 Å². The molecule has 0 aliphatic rings. The van der Waals surface area contributed by atoms with Crippen molar-refractivity contribution in [1.29, 1.82) is 0 Å². The Morgan fingerprint density at radius 1 is 0.970 bits per heavy atom. The summed E-state index contributed by atoms with van der Waals surface area (Å²) in [7, 11) is 0.821. The van der Waals surface area contributed by atoms with Crippen molar-refractivity contribution in [1.82, 2.24) is 0 Å². The SMILES string of the molecule is CCSc1cc(Br)ccc1C(=O)Nc1ccc(C(F)(C(F)(F)F)C(F)(F)F)cc1C(=O)OC. The van der Waals surface area contributed by atoms with Gasteiger partial charge in [0, 0.05) is 14.9 Å². The predicted octanol–water partition coefficient (Wildman–Crippen LogP) is 6.89. The highest BCUT2D eigenvalue weighted by molar-refractivity contribution is 9.10. The largest absolute Gasteiger partial charge is 0.465 e. The number of amides is 1. The van der Waals surface area contributed by atoms with Gasteiger partial charge >= 0.3 is 24.0 Å². The number of carbonyl (C=O) groups is 2. The molecule has 33 heavy (non-hydrogen) atoms. The minimum absolute atomic E-state index is 0.0612. The van der Waals surface area contributed by atoms with Crippen LogP contribution in [-0.4, -0.2) is 37.1 Å². The van der Waals surface area contributed by atoms with Gasteiger partial charge in [-0.2, -0.15) is 26.3 Å². The Morgan fingerprint density at radius 3 is 2.09 bits per heavy atom. The van der Waals surface area contributed by atoms with E-state index in [1.807, 2.05) is 6.92 Å². The third-order valence-electron chi connectivity index (χ3n) is 4.34. The number of alkyl halides is 7.